The zero-order valence-corrected chi connectivity index (χ0v) is 11.8. The van der Waals surface area contributed by atoms with Gasteiger partial charge in [0.2, 0.25) is 0 Å². The Morgan fingerprint density at radius 2 is 2.10 bits per heavy atom. The molecule has 0 aliphatic rings. The third-order valence-electron chi connectivity index (χ3n) is 3.06. The highest BCUT2D eigenvalue weighted by molar-refractivity contribution is 5.28. The molecule has 0 fully saturated rings. The summed E-state index contributed by atoms with van der Waals surface area (Å²) in [6.07, 6.45) is 0. The van der Waals surface area contributed by atoms with Crippen molar-refractivity contribution in [3.63, 3.8) is 0 Å². The maximum absolute atomic E-state index is 11.8. The SMILES string of the molecule is Cc1cc(C)n(CCOc2cccc(CN)c2)c(=O)n1. The van der Waals surface area contributed by atoms with Crippen molar-refractivity contribution in [2.75, 3.05) is 6.61 Å². The minimum atomic E-state index is -0.234. The lowest BCUT2D eigenvalue weighted by Crippen LogP contribution is -2.27. The van der Waals surface area contributed by atoms with Crippen LogP contribution in [0.25, 0.3) is 0 Å². The Hall–Kier alpha value is -2.14. The zero-order chi connectivity index (χ0) is 14.5. The molecule has 0 atom stereocenters. The molecule has 5 heteroatoms. The number of ether oxygens (including phenoxy) is 1. The maximum atomic E-state index is 11.8. The molecule has 0 spiro atoms. The average Bonchev–Trinajstić information content (AvgIpc) is 2.42. The van der Waals surface area contributed by atoms with E-state index in [2.05, 4.69) is 4.98 Å². The van der Waals surface area contributed by atoms with Crippen molar-refractivity contribution in [2.24, 2.45) is 5.73 Å². The number of aromatic nitrogens is 2. The van der Waals surface area contributed by atoms with Crippen LogP contribution < -0.4 is 16.2 Å². The Bertz CT molecular complexity index is 650. The number of aryl methyl sites for hydroxylation is 2. The van der Waals surface area contributed by atoms with Gasteiger partial charge in [0.1, 0.15) is 12.4 Å². The Labute approximate surface area is 118 Å². The summed E-state index contributed by atoms with van der Waals surface area (Å²) in [5, 5.41) is 0. The predicted octanol–water partition coefficient (Wildman–Crippen LogP) is 1.40. The fraction of sp³-hybridized carbons (Fsp3) is 0.333. The summed E-state index contributed by atoms with van der Waals surface area (Å²) in [5.74, 6) is 0.763. The number of rotatable bonds is 5. The van der Waals surface area contributed by atoms with E-state index >= 15 is 0 Å². The summed E-state index contributed by atoms with van der Waals surface area (Å²) in [6, 6.07) is 9.52. The molecule has 2 N–H and O–H groups in total. The van der Waals surface area contributed by atoms with Crippen molar-refractivity contribution in [3.05, 3.63) is 57.8 Å². The predicted molar refractivity (Wildman–Crippen MR) is 77.8 cm³/mol. The molecule has 0 amide bonds. The molecule has 2 rings (SSSR count). The summed E-state index contributed by atoms with van der Waals surface area (Å²) < 4.78 is 7.26. The van der Waals surface area contributed by atoms with Gasteiger partial charge in [-0.3, -0.25) is 4.57 Å². The fourth-order valence-electron chi connectivity index (χ4n) is 2.06. The fourth-order valence-corrected chi connectivity index (χ4v) is 2.06. The van der Waals surface area contributed by atoms with Crippen LogP contribution in [0.1, 0.15) is 17.0 Å². The van der Waals surface area contributed by atoms with E-state index in [0.717, 1.165) is 22.7 Å². The minimum absolute atomic E-state index is 0.234. The second-order valence-electron chi connectivity index (χ2n) is 4.67. The number of hydrogen-bond donors (Lipinski definition) is 1. The Morgan fingerprint density at radius 1 is 1.30 bits per heavy atom. The normalized spacial score (nSPS) is 10.6. The molecular formula is C15H19N3O2. The van der Waals surface area contributed by atoms with E-state index in [1.54, 1.807) is 4.57 Å². The smallest absolute Gasteiger partial charge is 0.348 e. The average molecular weight is 273 g/mol. The monoisotopic (exact) mass is 273 g/mol. The molecule has 0 aliphatic carbocycles. The van der Waals surface area contributed by atoms with Gasteiger partial charge in [-0.2, -0.15) is 4.98 Å². The highest BCUT2D eigenvalue weighted by Crippen LogP contribution is 2.12. The Balaban J connectivity index is 2.01. The van der Waals surface area contributed by atoms with E-state index < -0.39 is 0 Å². The lowest BCUT2D eigenvalue weighted by molar-refractivity contribution is 0.293. The van der Waals surface area contributed by atoms with Crippen molar-refractivity contribution in [1.29, 1.82) is 0 Å². The molecule has 0 unspecified atom stereocenters. The summed E-state index contributed by atoms with van der Waals surface area (Å²) in [7, 11) is 0. The van der Waals surface area contributed by atoms with Crippen LogP contribution in [0.15, 0.2) is 35.1 Å². The van der Waals surface area contributed by atoms with E-state index in [-0.39, 0.29) is 5.69 Å². The van der Waals surface area contributed by atoms with E-state index in [1.165, 1.54) is 0 Å². The van der Waals surface area contributed by atoms with Crippen molar-refractivity contribution >= 4 is 0 Å². The van der Waals surface area contributed by atoms with Gasteiger partial charge >= 0.3 is 5.69 Å². The Kier molecular flexibility index (Phi) is 4.53. The molecule has 1 aromatic heterocycles. The first-order chi connectivity index (χ1) is 9.60. The molecule has 0 saturated carbocycles. The van der Waals surface area contributed by atoms with Crippen molar-refractivity contribution < 1.29 is 4.74 Å². The summed E-state index contributed by atoms with van der Waals surface area (Å²) in [4.78, 5) is 15.7. The molecule has 0 bridgehead atoms. The van der Waals surface area contributed by atoms with Crippen LogP contribution >= 0.6 is 0 Å². The highest BCUT2D eigenvalue weighted by atomic mass is 16.5. The van der Waals surface area contributed by atoms with Gasteiger partial charge in [0.15, 0.2) is 0 Å². The van der Waals surface area contributed by atoms with Gasteiger partial charge < -0.3 is 10.5 Å². The largest absolute Gasteiger partial charge is 0.492 e. The minimum Gasteiger partial charge on any atom is -0.492 e. The van der Waals surface area contributed by atoms with Crippen LogP contribution in [-0.4, -0.2) is 16.2 Å². The topological polar surface area (TPSA) is 70.1 Å². The van der Waals surface area contributed by atoms with E-state index in [1.807, 2.05) is 44.2 Å². The highest BCUT2D eigenvalue weighted by Gasteiger charge is 2.03. The van der Waals surface area contributed by atoms with Crippen LogP contribution in [0.3, 0.4) is 0 Å². The van der Waals surface area contributed by atoms with Gasteiger partial charge in [0.05, 0.1) is 6.54 Å². The molecule has 106 valence electrons. The van der Waals surface area contributed by atoms with E-state index in [0.29, 0.717) is 19.7 Å². The first-order valence-electron chi connectivity index (χ1n) is 6.57. The number of nitrogens with two attached hydrogens (primary N) is 1. The molecule has 20 heavy (non-hydrogen) atoms. The van der Waals surface area contributed by atoms with Crippen molar-refractivity contribution in [3.8, 4) is 5.75 Å². The lowest BCUT2D eigenvalue weighted by Gasteiger charge is -2.11. The number of hydrogen-bond acceptors (Lipinski definition) is 4. The third kappa shape index (κ3) is 3.45. The van der Waals surface area contributed by atoms with Crippen molar-refractivity contribution in [2.45, 2.75) is 26.9 Å². The molecule has 1 heterocycles. The molecular weight excluding hydrogens is 254 g/mol. The van der Waals surface area contributed by atoms with Crippen LogP contribution in [0.5, 0.6) is 5.75 Å². The molecule has 2 aromatic rings. The van der Waals surface area contributed by atoms with Gasteiger partial charge in [-0.1, -0.05) is 12.1 Å². The molecule has 5 nitrogen and oxygen atoms in total. The van der Waals surface area contributed by atoms with Gasteiger partial charge in [0, 0.05) is 17.9 Å². The Morgan fingerprint density at radius 3 is 2.80 bits per heavy atom. The standard InChI is InChI=1S/C15H19N3O2/c1-11-8-12(2)18(15(19)17-11)6-7-20-14-5-3-4-13(9-14)10-16/h3-5,8-9H,6-7,10,16H2,1-2H3. The van der Waals surface area contributed by atoms with Gasteiger partial charge in [-0.15, -0.1) is 0 Å². The van der Waals surface area contributed by atoms with Crippen molar-refractivity contribution in [1.82, 2.24) is 9.55 Å². The number of benzene rings is 1. The molecule has 0 radical (unpaired) electrons. The van der Waals surface area contributed by atoms with Crippen LogP contribution in [0, 0.1) is 13.8 Å². The second kappa shape index (κ2) is 6.34. The molecule has 0 saturated heterocycles. The van der Waals surface area contributed by atoms with E-state index in [9.17, 15) is 4.79 Å². The summed E-state index contributed by atoms with van der Waals surface area (Å²) in [6.45, 7) is 5.08. The van der Waals surface area contributed by atoms with Crippen LogP contribution in [-0.2, 0) is 13.1 Å². The third-order valence-corrected chi connectivity index (χ3v) is 3.06. The maximum Gasteiger partial charge on any atom is 0.348 e. The summed E-state index contributed by atoms with van der Waals surface area (Å²) in [5.41, 5.74) is 8.00. The first kappa shape index (κ1) is 14.3. The summed E-state index contributed by atoms with van der Waals surface area (Å²) >= 11 is 0. The zero-order valence-electron chi connectivity index (χ0n) is 11.8. The number of nitrogens with zero attached hydrogens (tertiary/aromatic N) is 2. The quantitative estimate of drug-likeness (QED) is 0.894. The molecule has 1 aromatic carbocycles. The lowest BCUT2D eigenvalue weighted by atomic mass is 10.2. The van der Waals surface area contributed by atoms with Crippen LogP contribution in [0.2, 0.25) is 0 Å². The molecule has 0 aliphatic heterocycles. The second-order valence-corrected chi connectivity index (χ2v) is 4.67. The van der Waals surface area contributed by atoms with Crippen LogP contribution in [0.4, 0.5) is 0 Å². The van der Waals surface area contributed by atoms with E-state index in [4.69, 9.17) is 10.5 Å². The van der Waals surface area contributed by atoms with Gasteiger partial charge in [0.25, 0.3) is 0 Å². The van der Waals surface area contributed by atoms with Gasteiger partial charge in [-0.25, -0.2) is 4.79 Å². The van der Waals surface area contributed by atoms with Gasteiger partial charge in [-0.05, 0) is 37.6 Å². The first-order valence-corrected chi connectivity index (χ1v) is 6.57.